The smallest absolute Gasteiger partial charge is 0.249 e. The van der Waals surface area contributed by atoms with Gasteiger partial charge in [0.25, 0.3) is 0 Å². The summed E-state index contributed by atoms with van der Waals surface area (Å²) in [5.41, 5.74) is 1.77. The summed E-state index contributed by atoms with van der Waals surface area (Å²) >= 11 is 6.07. The van der Waals surface area contributed by atoms with Crippen LogP contribution in [0.15, 0.2) is 18.2 Å². The van der Waals surface area contributed by atoms with Crippen LogP contribution in [-0.4, -0.2) is 63.2 Å². The van der Waals surface area contributed by atoms with Crippen molar-refractivity contribution in [1.82, 2.24) is 4.90 Å². The number of fused-ring (bicyclic) bond motifs is 1. The number of hydrogen-bond acceptors (Lipinski definition) is 4. The van der Waals surface area contributed by atoms with Crippen molar-refractivity contribution in [2.24, 2.45) is 0 Å². The molecule has 7 heteroatoms. The van der Waals surface area contributed by atoms with Crippen LogP contribution in [0, 0.1) is 0 Å². The van der Waals surface area contributed by atoms with Crippen LogP contribution in [0.2, 0.25) is 5.02 Å². The summed E-state index contributed by atoms with van der Waals surface area (Å²) in [6, 6.07) is 5.53. The number of likely N-dealkylation sites (N-methyl/N-ethyl adjacent to an activating group) is 1. The Morgan fingerprint density at radius 3 is 2.86 bits per heavy atom. The van der Waals surface area contributed by atoms with Gasteiger partial charge in [0.1, 0.15) is 13.2 Å². The number of morpholine rings is 1. The average Bonchev–Trinajstić information content (AvgIpc) is 2.49. The lowest BCUT2D eigenvalue weighted by Gasteiger charge is -2.37. The van der Waals surface area contributed by atoms with Crippen molar-refractivity contribution >= 4 is 34.8 Å². The first kappa shape index (κ1) is 15.1. The molecule has 22 heavy (non-hydrogen) atoms. The highest BCUT2D eigenvalue weighted by Gasteiger charge is 2.28. The summed E-state index contributed by atoms with van der Waals surface area (Å²) in [7, 11) is 1.99. The zero-order valence-electron chi connectivity index (χ0n) is 12.4. The predicted octanol–water partition coefficient (Wildman–Crippen LogP) is 0.982. The van der Waals surface area contributed by atoms with E-state index in [1.807, 2.05) is 19.2 Å². The number of nitrogens with zero attached hydrogens (tertiary/aromatic N) is 3. The van der Waals surface area contributed by atoms with Gasteiger partial charge in [0.05, 0.1) is 18.0 Å². The lowest BCUT2D eigenvalue weighted by atomic mass is 10.1. The standard InChI is InChI=1S/C15H18ClN3O3/c1-17-4-5-19(13-8-11(16)2-3-12(13)17)14(20)9-18-6-7-22-10-15(18)21/h2-3,8H,4-7,9-10H2,1H3. The van der Waals surface area contributed by atoms with Gasteiger partial charge in [0.2, 0.25) is 11.8 Å². The average molecular weight is 324 g/mol. The number of hydrogen-bond donors (Lipinski definition) is 0. The van der Waals surface area contributed by atoms with Gasteiger partial charge in [-0.1, -0.05) is 11.6 Å². The summed E-state index contributed by atoms with van der Waals surface area (Å²) in [5.74, 6) is -0.230. The molecule has 1 fully saturated rings. The molecule has 0 bridgehead atoms. The minimum Gasteiger partial charge on any atom is -0.371 e. The lowest BCUT2D eigenvalue weighted by molar-refractivity contribution is -0.145. The Bertz CT molecular complexity index is 608. The molecule has 0 N–H and O–H groups in total. The van der Waals surface area contributed by atoms with Gasteiger partial charge in [-0.25, -0.2) is 0 Å². The molecule has 0 saturated carbocycles. The molecule has 1 aromatic rings. The molecular formula is C15H18ClN3O3. The molecule has 2 heterocycles. The fourth-order valence-corrected chi connectivity index (χ4v) is 2.92. The van der Waals surface area contributed by atoms with Gasteiger partial charge >= 0.3 is 0 Å². The Balaban J connectivity index is 1.80. The number of ether oxygens (including phenoxy) is 1. The van der Waals surface area contributed by atoms with Gasteiger partial charge < -0.3 is 19.4 Å². The molecule has 0 atom stereocenters. The zero-order valence-corrected chi connectivity index (χ0v) is 13.2. The van der Waals surface area contributed by atoms with Gasteiger partial charge in [0, 0.05) is 31.7 Å². The van der Waals surface area contributed by atoms with E-state index in [0.29, 0.717) is 24.7 Å². The van der Waals surface area contributed by atoms with Gasteiger partial charge in [0.15, 0.2) is 0 Å². The Morgan fingerprint density at radius 1 is 1.27 bits per heavy atom. The van der Waals surface area contributed by atoms with E-state index in [4.69, 9.17) is 16.3 Å². The van der Waals surface area contributed by atoms with Crippen molar-refractivity contribution in [1.29, 1.82) is 0 Å². The van der Waals surface area contributed by atoms with Crippen LogP contribution in [0.4, 0.5) is 11.4 Å². The highest BCUT2D eigenvalue weighted by atomic mass is 35.5. The molecule has 2 aliphatic heterocycles. The number of benzene rings is 1. The third-order valence-electron chi connectivity index (χ3n) is 4.01. The summed E-state index contributed by atoms with van der Waals surface area (Å²) in [4.78, 5) is 29.7. The molecule has 3 rings (SSSR count). The van der Waals surface area contributed by atoms with Crippen molar-refractivity contribution < 1.29 is 14.3 Å². The second kappa shape index (κ2) is 6.14. The minimum absolute atomic E-state index is 0.0540. The number of carbonyl (C=O) groups excluding carboxylic acids is 2. The zero-order chi connectivity index (χ0) is 15.7. The second-order valence-electron chi connectivity index (χ2n) is 5.47. The van der Waals surface area contributed by atoms with E-state index in [0.717, 1.165) is 17.9 Å². The predicted molar refractivity (Wildman–Crippen MR) is 84.5 cm³/mol. The van der Waals surface area contributed by atoms with Crippen LogP contribution >= 0.6 is 11.6 Å². The van der Waals surface area contributed by atoms with Crippen LogP contribution in [0.25, 0.3) is 0 Å². The Hall–Kier alpha value is -1.79. The summed E-state index contributed by atoms with van der Waals surface area (Å²) in [6.07, 6.45) is 0. The second-order valence-corrected chi connectivity index (χ2v) is 5.90. The number of anilines is 2. The number of halogens is 1. The molecule has 2 amide bonds. The van der Waals surface area contributed by atoms with Crippen molar-refractivity contribution in [3.63, 3.8) is 0 Å². The fourth-order valence-electron chi connectivity index (χ4n) is 2.75. The molecule has 2 aliphatic rings. The molecule has 1 aromatic carbocycles. The largest absolute Gasteiger partial charge is 0.371 e. The molecule has 1 saturated heterocycles. The lowest BCUT2D eigenvalue weighted by Crippen LogP contribution is -2.50. The monoisotopic (exact) mass is 323 g/mol. The number of carbonyl (C=O) groups is 2. The molecule has 0 spiro atoms. The number of rotatable bonds is 2. The van der Waals surface area contributed by atoms with E-state index < -0.39 is 0 Å². The molecule has 0 unspecified atom stereocenters. The first-order valence-corrected chi connectivity index (χ1v) is 7.60. The van der Waals surface area contributed by atoms with Crippen molar-refractivity contribution in [3.05, 3.63) is 23.2 Å². The normalized spacial score (nSPS) is 18.5. The SMILES string of the molecule is CN1CCN(C(=O)CN2CCOCC2=O)c2cc(Cl)ccc21. The van der Waals surface area contributed by atoms with E-state index in [-0.39, 0.29) is 25.0 Å². The quantitative estimate of drug-likeness (QED) is 0.814. The molecule has 0 aliphatic carbocycles. The molecule has 0 radical (unpaired) electrons. The van der Waals surface area contributed by atoms with Crippen LogP contribution in [0.5, 0.6) is 0 Å². The Kier molecular flexibility index (Phi) is 4.22. The Labute approximate surface area is 134 Å². The van der Waals surface area contributed by atoms with Crippen LogP contribution in [0.1, 0.15) is 0 Å². The summed E-state index contributed by atoms with van der Waals surface area (Å²) in [6.45, 7) is 2.40. The van der Waals surface area contributed by atoms with E-state index >= 15 is 0 Å². The maximum Gasteiger partial charge on any atom is 0.249 e. The first-order chi connectivity index (χ1) is 10.6. The van der Waals surface area contributed by atoms with E-state index in [1.165, 1.54) is 0 Å². The Morgan fingerprint density at radius 2 is 2.09 bits per heavy atom. The fraction of sp³-hybridized carbons (Fsp3) is 0.467. The van der Waals surface area contributed by atoms with Crippen molar-refractivity contribution in [2.75, 3.05) is 56.2 Å². The number of amides is 2. The van der Waals surface area contributed by atoms with Crippen LogP contribution in [-0.2, 0) is 14.3 Å². The van der Waals surface area contributed by atoms with Crippen molar-refractivity contribution in [2.45, 2.75) is 0 Å². The van der Waals surface area contributed by atoms with E-state index in [9.17, 15) is 9.59 Å². The topological polar surface area (TPSA) is 53.1 Å². The molecule has 6 nitrogen and oxygen atoms in total. The maximum atomic E-state index is 12.6. The van der Waals surface area contributed by atoms with Crippen LogP contribution in [0.3, 0.4) is 0 Å². The maximum absolute atomic E-state index is 12.6. The minimum atomic E-state index is -0.139. The highest BCUT2D eigenvalue weighted by molar-refractivity contribution is 6.31. The van der Waals surface area contributed by atoms with Gasteiger partial charge in [-0.05, 0) is 18.2 Å². The highest BCUT2D eigenvalue weighted by Crippen LogP contribution is 2.34. The first-order valence-electron chi connectivity index (χ1n) is 7.23. The molecule has 118 valence electrons. The summed E-state index contributed by atoms with van der Waals surface area (Å²) in [5, 5.41) is 0.592. The third kappa shape index (κ3) is 2.89. The van der Waals surface area contributed by atoms with Gasteiger partial charge in [-0.2, -0.15) is 0 Å². The van der Waals surface area contributed by atoms with Crippen LogP contribution < -0.4 is 9.80 Å². The summed E-state index contributed by atoms with van der Waals surface area (Å²) < 4.78 is 5.08. The van der Waals surface area contributed by atoms with E-state index in [1.54, 1.807) is 15.9 Å². The van der Waals surface area contributed by atoms with Gasteiger partial charge in [-0.3, -0.25) is 9.59 Å². The van der Waals surface area contributed by atoms with Gasteiger partial charge in [-0.15, -0.1) is 0 Å². The van der Waals surface area contributed by atoms with E-state index in [2.05, 4.69) is 4.90 Å². The third-order valence-corrected chi connectivity index (χ3v) is 4.24. The molecule has 0 aromatic heterocycles. The van der Waals surface area contributed by atoms with Crippen molar-refractivity contribution in [3.8, 4) is 0 Å². The molecular weight excluding hydrogens is 306 g/mol.